The van der Waals surface area contributed by atoms with Gasteiger partial charge in [0.05, 0.1) is 22.5 Å². The maximum atomic E-state index is 12.0. The molecule has 2 aromatic heterocycles. The number of fused-ring (bicyclic) bond motifs is 1. The van der Waals surface area contributed by atoms with E-state index in [0.717, 1.165) is 29.9 Å². The normalized spacial score (nSPS) is 12.5. The van der Waals surface area contributed by atoms with Crippen molar-refractivity contribution in [2.75, 3.05) is 5.75 Å². The van der Waals surface area contributed by atoms with E-state index in [2.05, 4.69) is 17.2 Å². The molecule has 21 heavy (non-hydrogen) atoms. The Balaban J connectivity index is 1.87. The lowest BCUT2D eigenvalue weighted by molar-refractivity contribution is -0.120. The fourth-order valence-electron chi connectivity index (χ4n) is 1.90. The van der Waals surface area contributed by atoms with E-state index in [-0.39, 0.29) is 11.2 Å². The number of nitrogens with zero attached hydrogens (tertiary/aromatic N) is 2. The average Bonchev–Trinajstić information content (AvgIpc) is 2.86. The molecular formula is C15H20ClN3OS. The molecule has 0 aromatic carbocycles. The third-order valence-corrected chi connectivity index (χ3v) is 4.61. The summed E-state index contributed by atoms with van der Waals surface area (Å²) in [6.45, 7) is 4.54. The van der Waals surface area contributed by atoms with Crippen LogP contribution in [-0.4, -0.2) is 26.3 Å². The first-order chi connectivity index (χ1) is 10.1. The number of aromatic nitrogens is 2. The molecule has 0 fully saturated rings. The molecule has 1 unspecified atom stereocenters. The fraction of sp³-hybridized carbons (Fsp3) is 0.467. The van der Waals surface area contributed by atoms with Gasteiger partial charge in [0.1, 0.15) is 5.65 Å². The predicted octanol–water partition coefficient (Wildman–Crippen LogP) is 3.53. The number of halogens is 1. The topological polar surface area (TPSA) is 46.4 Å². The van der Waals surface area contributed by atoms with Crippen LogP contribution in [-0.2, 0) is 11.3 Å². The van der Waals surface area contributed by atoms with Crippen LogP contribution in [0.3, 0.4) is 0 Å². The van der Waals surface area contributed by atoms with Crippen LogP contribution >= 0.6 is 23.4 Å². The second-order valence-corrected chi connectivity index (χ2v) is 6.81. The van der Waals surface area contributed by atoms with Crippen LogP contribution in [0, 0.1) is 0 Å². The summed E-state index contributed by atoms with van der Waals surface area (Å²) in [5.41, 5.74) is 1.66. The summed E-state index contributed by atoms with van der Waals surface area (Å²) in [5.74, 6) is 1.09. The highest BCUT2D eigenvalue weighted by Crippen LogP contribution is 2.14. The number of pyridine rings is 1. The van der Waals surface area contributed by atoms with E-state index in [1.807, 2.05) is 23.6 Å². The largest absolute Gasteiger partial charge is 0.349 e. The summed E-state index contributed by atoms with van der Waals surface area (Å²) in [4.78, 5) is 16.4. The van der Waals surface area contributed by atoms with Gasteiger partial charge in [-0.05, 0) is 31.2 Å². The monoisotopic (exact) mass is 325 g/mol. The third kappa shape index (κ3) is 4.64. The maximum Gasteiger partial charge on any atom is 0.233 e. The Morgan fingerprint density at radius 2 is 2.29 bits per heavy atom. The van der Waals surface area contributed by atoms with Gasteiger partial charge in [0.2, 0.25) is 5.91 Å². The van der Waals surface area contributed by atoms with E-state index in [4.69, 9.17) is 11.6 Å². The van der Waals surface area contributed by atoms with Gasteiger partial charge in [-0.1, -0.05) is 24.9 Å². The first kappa shape index (κ1) is 16.2. The zero-order valence-electron chi connectivity index (χ0n) is 12.3. The van der Waals surface area contributed by atoms with Gasteiger partial charge in [0.25, 0.3) is 0 Å². The van der Waals surface area contributed by atoms with Gasteiger partial charge in [0, 0.05) is 12.4 Å². The van der Waals surface area contributed by atoms with Crippen LogP contribution in [0.15, 0.2) is 24.5 Å². The minimum Gasteiger partial charge on any atom is -0.349 e. The molecule has 0 spiro atoms. The highest BCUT2D eigenvalue weighted by molar-refractivity contribution is 8.00. The molecule has 0 saturated heterocycles. The molecule has 114 valence electrons. The molecule has 6 heteroatoms. The molecular weight excluding hydrogens is 306 g/mol. The Hall–Kier alpha value is -1.20. The number of imidazole rings is 1. The van der Waals surface area contributed by atoms with Crippen molar-refractivity contribution in [1.82, 2.24) is 14.7 Å². The predicted molar refractivity (Wildman–Crippen MR) is 88.9 cm³/mol. The number of carbonyl (C=O) groups excluding carboxylic acids is 1. The molecule has 2 aromatic rings. The molecule has 0 bridgehead atoms. The van der Waals surface area contributed by atoms with Crippen molar-refractivity contribution in [2.24, 2.45) is 0 Å². The average molecular weight is 326 g/mol. The summed E-state index contributed by atoms with van der Waals surface area (Å²) in [7, 11) is 0. The van der Waals surface area contributed by atoms with Crippen molar-refractivity contribution in [3.63, 3.8) is 0 Å². The zero-order chi connectivity index (χ0) is 15.2. The van der Waals surface area contributed by atoms with E-state index >= 15 is 0 Å². The van der Waals surface area contributed by atoms with Crippen LogP contribution in [0.5, 0.6) is 0 Å². The first-order valence-corrected chi connectivity index (χ1v) is 8.55. The molecule has 0 aliphatic rings. The summed E-state index contributed by atoms with van der Waals surface area (Å²) in [6, 6.07) is 3.66. The minimum atomic E-state index is -0.0250. The smallest absolute Gasteiger partial charge is 0.233 e. The lowest BCUT2D eigenvalue weighted by atomic mass is 10.4. The number of nitrogens with one attached hydrogen (secondary N) is 1. The van der Waals surface area contributed by atoms with Crippen molar-refractivity contribution in [1.29, 1.82) is 0 Å². The van der Waals surface area contributed by atoms with Crippen LogP contribution in [0.4, 0.5) is 0 Å². The first-order valence-electron chi connectivity index (χ1n) is 7.12. The number of unbranched alkanes of at least 4 members (excludes halogenated alkanes) is 1. The maximum absolute atomic E-state index is 12.0. The summed E-state index contributed by atoms with van der Waals surface area (Å²) < 4.78 is 1.86. The summed E-state index contributed by atoms with van der Waals surface area (Å²) >= 11 is 7.63. The number of amides is 1. The quantitative estimate of drug-likeness (QED) is 0.792. The van der Waals surface area contributed by atoms with E-state index < -0.39 is 0 Å². The molecule has 0 aliphatic heterocycles. The molecule has 1 amide bonds. The molecule has 4 nitrogen and oxygen atoms in total. The molecule has 2 rings (SSSR count). The second kappa shape index (κ2) is 7.71. The molecule has 2 heterocycles. The number of carbonyl (C=O) groups is 1. The van der Waals surface area contributed by atoms with Gasteiger partial charge < -0.3 is 9.72 Å². The number of hydrogen-bond acceptors (Lipinski definition) is 3. The molecule has 1 atom stereocenters. The number of thioether (sulfide) groups is 1. The van der Waals surface area contributed by atoms with Gasteiger partial charge in [-0.2, -0.15) is 0 Å². The van der Waals surface area contributed by atoms with Gasteiger partial charge in [-0.3, -0.25) is 4.79 Å². The van der Waals surface area contributed by atoms with Crippen LogP contribution in [0.2, 0.25) is 5.02 Å². The lowest BCUT2D eigenvalue weighted by Crippen LogP contribution is -2.30. The van der Waals surface area contributed by atoms with Crippen molar-refractivity contribution in [3.8, 4) is 0 Å². The van der Waals surface area contributed by atoms with Gasteiger partial charge in [-0.15, -0.1) is 11.8 Å². The molecule has 0 radical (unpaired) electrons. The molecule has 1 N–H and O–H groups in total. The number of rotatable bonds is 7. The Morgan fingerprint density at radius 3 is 3.05 bits per heavy atom. The standard InChI is InChI=1S/C15H20ClN3OS/c1-3-4-7-21-11(2)15(20)17-8-13-10-19-9-12(16)5-6-14(19)18-13/h5-6,9-11H,3-4,7-8H2,1-2H3,(H,17,20). The van der Waals surface area contributed by atoms with E-state index in [1.165, 1.54) is 0 Å². The van der Waals surface area contributed by atoms with Crippen molar-refractivity contribution < 1.29 is 4.79 Å². The van der Waals surface area contributed by atoms with Crippen molar-refractivity contribution in [3.05, 3.63) is 35.2 Å². The third-order valence-electron chi connectivity index (χ3n) is 3.14. The number of hydrogen-bond donors (Lipinski definition) is 1. The fourth-order valence-corrected chi connectivity index (χ4v) is 3.12. The second-order valence-electron chi connectivity index (χ2n) is 4.93. The van der Waals surface area contributed by atoms with Gasteiger partial charge >= 0.3 is 0 Å². The Morgan fingerprint density at radius 1 is 1.48 bits per heavy atom. The Kier molecular flexibility index (Phi) is 5.94. The van der Waals surface area contributed by atoms with E-state index in [1.54, 1.807) is 24.0 Å². The lowest BCUT2D eigenvalue weighted by Gasteiger charge is -2.10. The Bertz CT molecular complexity index is 614. The summed E-state index contributed by atoms with van der Waals surface area (Å²) in [6.07, 6.45) is 6.00. The Labute approximate surface area is 134 Å². The van der Waals surface area contributed by atoms with E-state index in [0.29, 0.717) is 11.6 Å². The van der Waals surface area contributed by atoms with E-state index in [9.17, 15) is 4.79 Å². The van der Waals surface area contributed by atoms with Crippen molar-refractivity contribution in [2.45, 2.75) is 38.5 Å². The van der Waals surface area contributed by atoms with Gasteiger partial charge in [0.15, 0.2) is 0 Å². The van der Waals surface area contributed by atoms with Crippen LogP contribution < -0.4 is 5.32 Å². The van der Waals surface area contributed by atoms with Crippen molar-refractivity contribution >= 4 is 34.9 Å². The van der Waals surface area contributed by atoms with Gasteiger partial charge in [-0.25, -0.2) is 4.98 Å². The SMILES string of the molecule is CCCCSC(C)C(=O)NCc1cn2cc(Cl)ccc2n1. The highest BCUT2D eigenvalue weighted by atomic mass is 35.5. The molecule has 0 saturated carbocycles. The highest BCUT2D eigenvalue weighted by Gasteiger charge is 2.13. The van der Waals surface area contributed by atoms with Crippen LogP contribution in [0.25, 0.3) is 5.65 Å². The molecule has 0 aliphatic carbocycles. The summed E-state index contributed by atoms with van der Waals surface area (Å²) in [5, 5.41) is 3.57. The minimum absolute atomic E-state index is 0.0250. The zero-order valence-corrected chi connectivity index (χ0v) is 13.9. The van der Waals surface area contributed by atoms with Crippen LogP contribution in [0.1, 0.15) is 32.4 Å².